The predicted molar refractivity (Wildman–Crippen MR) is 148 cm³/mol. The van der Waals surface area contributed by atoms with Crippen molar-refractivity contribution in [2.45, 2.75) is 30.0 Å². The highest BCUT2D eigenvalue weighted by Crippen LogP contribution is 2.46. The van der Waals surface area contributed by atoms with Crippen molar-refractivity contribution in [3.8, 4) is 0 Å². The molecule has 1 atom stereocenters. The van der Waals surface area contributed by atoms with Crippen molar-refractivity contribution in [3.05, 3.63) is 96.4 Å². The molecule has 1 aliphatic rings. The number of rotatable bonds is 7. The van der Waals surface area contributed by atoms with Gasteiger partial charge < -0.3 is 5.11 Å². The summed E-state index contributed by atoms with van der Waals surface area (Å²) in [6.45, 7) is 3.40. The van der Waals surface area contributed by atoms with Crippen LogP contribution in [-0.4, -0.2) is 32.0 Å². The second-order valence-corrected chi connectivity index (χ2v) is 12.4. The molecule has 1 amide bonds. The number of halogens is 3. The van der Waals surface area contributed by atoms with Gasteiger partial charge >= 0.3 is 0 Å². The number of aliphatic hydroxyl groups excluding tert-OH is 1. The Morgan fingerprint density at radius 2 is 1.87 bits per heavy atom. The van der Waals surface area contributed by atoms with Crippen molar-refractivity contribution in [1.82, 2.24) is 15.2 Å². The third kappa shape index (κ3) is 4.96. The minimum atomic E-state index is -1.35. The second-order valence-electron chi connectivity index (χ2n) is 8.22. The maximum atomic E-state index is 15.2. The van der Waals surface area contributed by atoms with Crippen LogP contribution in [0.15, 0.2) is 58.1 Å². The highest BCUT2D eigenvalue weighted by Gasteiger charge is 2.48. The van der Waals surface area contributed by atoms with Crippen molar-refractivity contribution in [3.63, 3.8) is 0 Å². The van der Waals surface area contributed by atoms with Crippen molar-refractivity contribution in [2.24, 2.45) is 0 Å². The maximum Gasteiger partial charge on any atom is 0.296 e. The minimum absolute atomic E-state index is 0.00754. The number of carbonyl (C=O) groups excluding carboxylic acids is 2. The van der Waals surface area contributed by atoms with Crippen LogP contribution in [0.25, 0.3) is 0 Å². The molecule has 13 heteroatoms. The molecule has 0 fully saturated rings. The van der Waals surface area contributed by atoms with Crippen LogP contribution < -0.4 is 4.90 Å². The number of nitrogens with zero attached hydrogens (tertiary/aromatic N) is 4. The van der Waals surface area contributed by atoms with Crippen LogP contribution >= 0.6 is 57.6 Å². The number of amides is 1. The Bertz CT molecular complexity index is 1580. The lowest BCUT2D eigenvalue weighted by Gasteiger charge is -2.25. The minimum Gasteiger partial charge on any atom is -0.503 e. The number of benzene rings is 2. The first-order chi connectivity index (χ1) is 18.2. The summed E-state index contributed by atoms with van der Waals surface area (Å²) in [5, 5.41) is 20.6. The van der Waals surface area contributed by atoms with Gasteiger partial charge in [0.1, 0.15) is 11.9 Å². The van der Waals surface area contributed by atoms with Crippen LogP contribution in [0.3, 0.4) is 0 Å². The fourth-order valence-corrected chi connectivity index (χ4v) is 7.12. The van der Waals surface area contributed by atoms with Crippen LogP contribution in [0.1, 0.15) is 37.5 Å². The van der Waals surface area contributed by atoms with E-state index in [1.54, 1.807) is 26.0 Å². The van der Waals surface area contributed by atoms with Gasteiger partial charge in [0, 0.05) is 21.4 Å². The number of thioether (sulfide) groups is 1. The number of hydrogen-bond donors (Lipinski definition) is 1. The Hall–Kier alpha value is -2.83. The van der Waals surface area contributed by atoms with Gasteiger partial charge in [-0.05, 0) is 43.7 Å². The van der Waals surface area contributed by atoms with Gasteiger partial charge in [0.2, 0.25) is 10.9 Å². The van der Waals surface area contributed by atoms with Crippen LogP contribution in [0.2, 0.25) is 10.0 Å². The van der Waals surface area contributed by atoms with Crippen molar-refractivity contribution in [1.29, 1.82) is 0 Å². The molecule has 0 saturated carbocycles. The summed E-state index contributed by atoms with van der Waals surface area (Å²) < 4.78 is 15.8. The number of hydrogen-bond acceptors (Lipinski definition) is 9. The standard InChI is InChI=1S/C25H17Cl2FN4O3S3/c1-11-22(37-12(2)29-11)20(33)18-19(17-15(27)4-3-5-16(17)28)32(23(35)21(18)34)24-30-31-25(38-24)36-10-13-6-8-14(26)9-7-13/h3-9,19,34H,10H2,1-2H3. The van der Waals surface area contributed by atoms with Gasteiger partial charge in [-0.3, -0.25) is 14.5 Å². The fourth-order valence-electron chi connectivity index (χ4n) is 4.03. The normalized spacial score (nSPS) is 15.6. The zero-order valence-corrected chi connectivity index (χ0v) is 23.7. The molecule has 4 aromatic rings. The highest BCUT2D eigenvalue weighted by atomic mass is 35.5. The van der Waals surface area contributed by atoms with E-state index in [1.807, 2.05) is 12.1 Å². The molecule has 38 heavy (non-hydrogen) atoms. The van der Waals surface area contributed by atoms with E-state index >= 15 is 4.39 Å². The number of thiazole rings is 1. The summed E-state index contributed by atoms with van der Waals surface area (Å²) in [7, 11) is 0. The fraction of sp³-hybridized carbons (Fsp3) is 0.160. The largest absolute Gasteiger partial charge is 0.503 e. The first kappa shape index (κ1) is 26.8. The summed E-state index contributed by atoms with van der Waals surface area (Å²) in [5.41, 5.74) is 1.03. The Balaban J connectivity index is 1.54. The van der Waals surface area contributed by atoms with Crippen LogP contribution in [0.4, 0.5) is 9.52 Å². The summed E-state index contributed by atoms with van der Waals surface area (Å²) in [6, 6.07) is 10.0. The molecule has 5 rings (SSSR count). The third-order valence-electron chi connectivity index (χ3n) is 5.71. The lowest BCUT2D eigenvalue weighted by molar-refractivity contribution is -0.117. The predicted octanol–water partition coefficient (Wildman–Crippen LogP) is 7.13. The van der Waals surface area contributed by atoms with Gasteiger partial charge in [0.25, 0.3) is 5.91 Å². The Morgan fingerprint density at radius 3 is 2.53 bits per heavy atom. The summed E-state index contributed by atoms with van der Waals surface area (Å²) in [6.07, 6.45) is 0. The number of Topliss-reactive ketones (excluding diaryl/α,β-unsaturated/α-hetero) is 1. The first-order valence-corrected chi connectivity index (χ1v) is 14.4. The van der Waals surface area contributed by atoms with E-state index in [0.29, 0.717) is 25.8 Å². The summed E-state index contributed by atoms with van der Waals surface area (Å²) in [4.78, 5) is 32.6. The SMILES string of the molecule is Cc1nc(C)c(C(=O)C2=C(O)C(=O)N(c3nnc(SCc4ccc(Cl)cc4)s3)C2c2c(F)cccc2Cl)s1. The summed E-state index contributed by atoms with van der Waals surface area (Å²) >= 11 is 15.9. The van der Waals surface area contributed by atoms with E-state index in [0.717, 1.165) is 33.1 Å². The lowest BCUT2D eigenvalue weighted by atomic mass is 9.94. The average molecular weight is 608 g/mol. The number of aromatic nitrogens is 3. The molecular weight excluding hydrogens is 590 g/mol. The number of aryl methyl sites for hydroxylation is 2. The number of aliphatic hydroxyl groups is 1. The van der Waals surface area contributed by atoms with Gasteiger partial charge in [-0.25, -0.2) is 9.37 Å². The van der Waals surface area contributed by atoms with Crippen molar-refractivity contribution >= 4 is 74.5 Å². The molecule has 1 aliphatic heterocycles. The van der Waals surface area contributed by atoms with Crippen LogP contribution in [0, 0.1) is 19.7 Å². The molecule has 7 nitrogen and oxygen atoms in total. The van der Waals surface area contributed by atoms with E-state index in [2.05, 4.69) is 15.2 Å². The lowest BCUT2D eigenvalue weighted by Crippen LogP contribution is -2.31. The Kier molecular flexibility index (Phi) is 7.56. The number of carbonyl (C=O) groups is 2. The zero-order valence-electron chi connectivity index (χ0n) is 19.7. The van der Waals surface area contributed by atoms with E-state index in [-0.39, 0.29) is 26.2 Å². The quantitative estimate of drug-likeness (QED) is 0.136. The molecule has 0 bridgehead atoms. The third-order valence-corrected chi connectivity index (χ3v) is 9.49. The average Bonchev–Trinajstić information content (AvgIpc) is 3.54. The van der Waals surface area contributed by atoms with E-state index in [1.165, 1.54) is 30.0 Å². The molecule has 0 aliphatic carbocycles. The smallest absolute Gasteiger partial charge is 0.296 e. The molecule has 3 heterocycles. The molecular formula is C25H17Cl2FN4O3S3. The topological polar surface area (TPSA) is 96.3 Å². The molecule has 0 radical (unpaired) electrons. The molecule has 1 unspecified atom stereocenters. The van der Waals surface area contributed by atoms with Crippen LogP contribution in [-0.2, 0) is 10.5 Å². The Morgan fingerprint density at radius 1 is 1.13 bits per heavy atom. The van der Waals surface area contributed by atoms with Gasteiger partial charge in [-0.1, -0.05) is 64.5 Å². The zero-order chi connectivity index (χ0) is 27.1. The number of ketones is 1. The van der Waals surface area contributed by atoms with Gasteiger partial charge in [-0.15, -0.1) is 21.5 Å². The van der Waals surface area contributed by atoms with Gasteiger partial charge in [0.05, 0.1) is 21.2 Å². The van der Waals surface area contributed by atoms with E-state index < -0.39 is 29.3 Å². The highest BCUT2D eigenvalue weighted by molar-refractivity contribution is 8.00. The van der Waals surface area contributed by atoms with Crippen molar-refractivity contribution < 1.29 is 19.1 Å². The van der Waals surface area contributed by atoms with E-state index in [4.69, 9.17) is 23.2 Å². The molecule has 2 aromatic heterocycles. The molecule has 2 aromatic carbocycles. The van der Waals surface area contributed by atoms with E-state index in [9.17, 15) is 14.7 Å². The van der Waals surface area contributed by atoms with Crippen molar-refractivity contribution in [2.75, 3.05) is 4.90 Å². The number of anilines is 1. The van der Waals surface area contributed by atoms with Gasteiger partial charge in [0.15, 0.2) is 10.1 Å². The van der Waals surface area contributed by atoms with Crippen LogP contribution in [0.5, 0.6) is 0 Å². The maximum absolute atomic E-state index is 15.2. The monoisotopic (exact) mass is 606 g/mol. The molecule has 194 valence electrons. The summed E-state index contributed by atoms with van der Waals surface area (Å²) in [5.74, 6) is -2.50. The molecule has 0 saturated heterocycles. The Labute approximate surface area is 239 Å². The molecule has 1 N–H and O–H groups in total. The first-order valence-electron chi connectivity index (χ1n) is 11.1. The second kappa shape index (κ2) is 10.7. The van der Waals surface area contributed by atoms with Gasteiger partial charge in [-0.2, -0.15) is 0 Å². The molecule has 0 spiro atoms.